The highest BCUT2D eigenvalue weighted by Gasteiger charge is 2.36. The zero-order valence-corrected chi connectivity index (χ0v) is 20.1. The molecule has 0 saturated carbocycles. The van der Waals surface area contributed by atoms with Gasteiger partial charge in [-0.1, -0.05) is 0 Å². The molecule has 37 heavy (non-hydrogen) atoms. The Balaban J connectivity index is 1.16. The fraction of sp³-hybridized carbons (Fsp3) is 0.269. The van der Waals surface area contributed by atoms with Crippen molar-refractivity contribution in [3.63, 3.8) is 0 Å². The molecule has 2 fully saturated rings. The smallest absolute Gasteiger partial charge is 0.160 e. The molecule has 0 radical (unpaired) electrons. The molecular formula is C26H24FN9O. The Morgan fingerprint density at radius 2 is 2.03 bits per heavy atom. The van der Waals surface area contributed by atoms with Crippen molar-refractivity contribution in [2.45, 2.75) is 19.4 Å². The lowest BCUT2D eigenvalue weighted by molar-refractivity contribution is 0.473. The molecule has 2 aliphatic heterocycles. The average molecular weight is 498 g/mol. The number of pyridine rings is 2. The highest BCUT2D eigenvalue weighted by molar-refractivity contribution is 5.88. The van der Waals surface area contributed by atoms with Gasteiger partial charge in [-0.3, -0.25) is 0 Å². The molecule has 0 aliphatic carbocycles. The third kappa shape index (κ3) is 3.97. The number of benzene rings is 1. The molecule has 5 aromatic rings. The van der Waals surface area contributed by atoms with Crippen molar-refractivity contribution in [3.8, 4) is 11.5 Å². The van der Waals surface area contributed by atoms with E-state index in [4.69, 9.17) is 9.72 Å². The van der Waals surface area contributed by atoms with E-state index in [-0.39, 0.29) is 5.69 Å². The Labute approximate surface area is 211 Å². The summed E-state index contributed by atoms with van der Waals surface area (Å²) < 4.78 is 22.8. The van der Waals surface area contributed by atoms with Gasteiger partial charge in [-0.15, -0.1) is 0 Å². The average Bonchev–Trinajstić information content (AvgIpc) is 3.63. The van der Waals surface area contributed by atoms with Gasteiger partial charge in [-0.25, -0.2) is 28.8 Å². The van der Waals surface area contributed by atoms with E-state index in [1.54, 1.807) is 28.9 Å². The first kappa shape index (κ1) is 21.9. The number of anilines is 3. The van der Waals surface area contributed by atoms with Gasteiger partial charge < -0.3 is 20.3 Å². The molecule has 10 nitrogen and oxygen atoms in total. The van der Waals surface area contributed by atoms with Crippen molar-refractivity contribution in [1.82, 2.24) is 34.9 Å². The van der Waals surface area contributed by atoms with Gasteiger partial charge in [-0.2, -0.15) is 5.10 Å². The van der Waals surface area contributed by atoms with Crippen LogP contribution in [0.15, 0.2) is 55.2 Å². The number of hydrogen-bond donors (Lipinski definition) is 2. The molecule has 6 heterocycles. The molecule has 7 rings (SSSR count). The normalized spacial score (nSPS) is 19.0. The lowest BCUT2D eigenvalue weighted by Gasteiger charge is -2.19. The standard InChI is InChI=1S/C26H24FN9O/c1-15-8-20(18(27)10-22(15)37-17-5-7-36-24(9-17)30-14-32-36)33-26-25-19(29-13-31-26)2-3-23(34-25)35-11-16-4-6-28-21(16)12-35/h2-3,5,7-10,13-14,16,21,28H,4,6,11-12H2,1H3,(H,29,31,33)/t16-,21+/m0/s1. The van der Waals surface area contributed by atoms with Gasteiger partial charge >= 0.3 is 0 Å². The van der Waals surface area contributed by atoms with E-state index in [1.165, 1.54) is 25.1 Å². The number of fused-ring (bicyclic) bond motifs is 3. The third-order valence-electron chi connectivity index (χ3n) is 7.15. The van der Waals surface area contributed by atoms with Gasteiger partial charge in [0.15, 0.2) is 11.5 Å². The zero-order chi connectivity index (χ0) is 24.9. The molecule has 1 aromatic carbocycles. The summed E-state index contributed by atoms with van der Waals surface area (Å²) in [6.45, 7) is 4.86. The molecule has 0 amide bonds. The molecule has 0 bridgehead atoms. The molecule has 11 heteroatoms. The van der Waals surface area contributed by atoms with Crippen LogP contribution in [0.5, 0.6) is 11.5 Å². The number of aryl methyl sites for hydroxylation is 1. The number of halogens is 1. The van der Waals surface area contributed by atoms with E-state index < -0.39 is 5.82 Å². The van der Waals surface area contributed by atoms with Crippen LogP contribution in [0, 0.1) is 18.7 Å². The SMILES string of the molecule is Cc1cc(Nc2ncnc3ccc(N4C[C@@H]5CCN[C@@H]5C4)nc23)c(F)cc1Oc1ccn2ncnc2c1. The largest absolute Gasteiger partial charge is 0.457 e. The maximum Gasteiger partial charge on any atom is 0.160 e. The summed E-state index contributed by atoms with van der Waals surface area (Å²) in [4.78, 5) is 20.1. The van der Waals surface area contributed by atoms with Gasteiger partial charge in [0.1, 0.15) is 41.3 Å². The van der Waals surface area contributed by atoms with Crippen LogP contribution >= 0.6 is 0 Å². The summed E-state index contributed by atoms with van der Waals surface area (Å²) in [6.07, 6.45) is 5.86. The maximum atomic E-state index is 15.2. The zero-order valence-electron chi connectivity index (χ0n) is 20.1. The number of ether oxygens (including phenoxy) is 1. The highest BCUT2D eigenvalue weighted by Crippen LogP contribution is 2.33. The summed E-state index contributed by atoms with van der Waals surface area (Å²) in [5.74, 6) is 2.47. The quantitative estimate of drug-likeness (QED) is 0.375. The number of nitrogens with zero attached hydrogens (tertiary/aromatic N) is 7. The van der Waals surface area contributed by atoms with Crippen LogP contribution in [0.1, 0.15) is 12.0 Å². The Morgan fingerprint density at radius 1 is 1.08 bits per heavy atom. The van der Waals surface area contributed by atoms with Gasteiger partial charge in [0.25, 0.3) is 0 Å². The van der Waals surface area contributed by atoms with Gasteiger partial charge in [0.2, 0.25) is 0 Å². The minimum absolute atomic E-state index is 0.282. The summed E-state index contributed by atoms with van der Waals surface area (Å²) in [7, 11) is 0. The summed E-state index contributed by atoms with van der Waals surface area (Å²) in [6, 6.07) is 11.0. The molecule has 2 atom stereocenters. The molecule has 2 N–H and O–H groups in total. The van der Waals surface area contributed by atoms with Crippen LogP contribution in [-0.2, 0) is 0 Å². The van der Waals surface area contributed by atoms with Crippen molar-refractivity contribution in [2.24, 2.45) is 5.92 Å². The summed E-state index contributed by atoms with van der Waals surface area (Å²) in [5.41, 5.74) is 2.98. The Bertz CT molecular complexity index is 1630. The van der Waals surface area contributed by atoms with Crippen molar-refractivity contribution >= 4 is 34.0 Å². The molecule has 2 aliphatic rings. The van der Waals surface area contributed by atoms with E-state index in [1.807, 2.05) is 19.1 Å². The molecule has 0 unspecified atom stereocenters. The monoisotopic (exact) mass is 497 g/mol. The predicted octanol–water partition coefficient (Wildman–Crippen LogP) is 3.85. The Morgan fingerprint density at radius 3 is 2.95 bits per heavy atom. The first-order valence-corrected chi connectivity index (χ1v) is 12.3. The van der Waals surface area contributed by atoms with Crippen molar-refractivity contribution in [3.05, 3.63) is 66.6 Å². The van der Waals surface area contributed by atoms with Gasteiger partial charge in [0, 0.05) is 37.5 Å². The topological polar surface area (TPSA) is 105 Å². The maximum absolute atomic E-state index is 15.2. The van der Waals surface area contributed by atoms with E-state index in [0.29, 0.717) is 46.0 Å². The third-order valence-corrected chi connectivity index (χ3v) is 7.15. The van der Waals surface area contributed by atoms with Gasteiger partial charge in [-0.05, 0) is 55.6 Å². The minimum atomic E-state index is -0.467. The number of nitrogens with one attached hydrogen (secondary N) is 2. The van der Waals surface area contributed by atoms with Crippen LogP contribution in [0.3, 0.4) is 0 Å². The Kier molecular flexibility index (Phi) is 5.10. The number of rotatable bonds is 5. The first-order valence-electron chi connectivity index (χ1n) is 12.3. The number of hydrogen-bond acceptors (Lipinski definition) is 9. The van der Waals surface area contributed by atoms with Crippen LogP contribution < -0.4 is 20.3 Å². The molecule has 4 aromatic heterocycles. The van der Waals surface area contributed by atoms with Gasteiger partial charge in [0.05, 0.1) is 11.2 Å². The summed E-state index contributed by atoms with van der Waals surface area (Å²) in [5, 5.41) is 10.8. The molecule has 186 valence electrons. The van der Waals surface area contributed by atoms with Crippen molar-refractivity contribution in [2.75, 3.05) is 29.9 Å². The Hall–Kier alpha value is -4.38. The van der Waals surface area contributed by atoms with Crippen LogP contribution in [-0.4, -0.2) is 55.2 Å². The fourth-order valence-corrected chi connectivity index (χ4v) is 5.22. The second-order valence-corrected chi connectivity index (χ2v) is 9.52. The van der Waals surface area contributed by atoms with Crippen LogP contribution in [0.25, 0.3) is 16.7 Å². The van der Waals surface area contributed by atoms with Crippen LogP contribution in [0.2, 0.25) is 0 Å². The summed E-state index contributed by atoms with van der Waals surface area (Å²) >= 11 is 0. The highest BCUT2D eigenvalue weighted by atomic mass is 19.1. The number of aromatic nitrogens is 6. The van der Waals surface area contributed by atoms with E-state index in [2.05, 4.69) is 35.6 Å². The minimum Gasteiger partial charge on any atom is -0.457 e. The van der Waals surface area contributed by atoms with E-state index in [0.717, 1.165) is 31.0 Å². The van der Waals surface area contributed by atoms with E-state index in [9.17, 15) is 0 Å². The molecular weight excluding hydrogens is 473 g/mol. The second kappa shape index (κ2) is 8.63. The lowest BCUT2D eigenvalue weighted by atomic mass is 10.1. The van der Waals surface area contributed by atoms with Crippen molar-refractivity contribution in [1.29, 1.82) is 0 Å². The fourth-order valence-electron chi connectivity index (χ4n) is 5.22. The van der Waals surface area contributed by atoms with Crippen LogP contribution in [0.4, 0.5) is 21.7 Å². The van der Waals surface area contributed by atoms with E-state index >= 15 is 4.39 Å². The second-order valence-electron chi connectivity index (χ2n) is 9.52. The first-order chi connectivity index (χ1) is 18.1. The molecule has 2 saturated heterocycles. The van der Waals surface area contributed by atoms with Crippen molar-refractivity contribution < 1.29 is 9.13 Å². The lowest BCUT2D eigenvalue weighted by Crippen LogP contribution is -2.30. The predicted molar refractivity (Wildman–Crippen MR) is 137 cm³/mol. The molecule has 0 spiro atoms.